The zero-order chi connectivity index (χ0) is 15.1. The number of amides is 2. The van der Waals surface area contributed by atoms with E-state index in [0.29, 0.717) is 18.5 Å². The van der Waals surface area contributed by atoms with Crippen molar-refractivity contribution in [3.63, 3.8) is 0 Å². The fourth-order valence-electron chi connectivity index (χ4n) is 2.58. The van der Waals surface area contributed by atoms with Crippen molar-refractivity contribution in [3.8, 4) is 0 Å². The number of nitrogens with one attached hydrogen (secondary N) is 2. The van der Waals surface area contributed by atoms with E-state index in [1.165, 1.54) is 0 Å². The van der Waals surface area contributed by atoms with E-state index in [1.54, 1.807) is 24.5 Å². The van der Waals surface area contributed by atoms with E-state index in [0.717, 1.165) is 25.7 Å². The Balaban J connectivity index is 1.74. The summed E-state index contributed by atoms with van der Waals surface area (Å²) in [6.07, 6.45) is 7.10. The Morgan fingerprint density at radius 2 is 1.86 bits per heavy atom. The molecule has 1 aliphatic rings. The molecule has 0 saturated heterocycles. The van der Waals surface area contributed by atoms with Gasteiger partial charge in [0.15, 0.2) is 0 Å². The lowest BCUT2D eigenvalue weighted by Crippen LogP contribution is -2.44. The van der Waals surface area contributed by atoms with Crippen molar-refractivity contribution in [1.29, 1.82) is 0 Å². The molecule has 114 valence electrons. The molecule has 2 amide bonds. The normalized spacial score (nSPS) is 21.6. The molecule has 0 unspecified atom stereocenters. The Morgan fingerprint density at radius 3 is 2.43 bits per heavy atom. The quantitative estimate of drug-likeness (QED) is 0.739. The minimum atomic E-state index is -0.0845. The van der Waals surface area contributed by atoms with Gasteiger partial charge in [-0.3, -0.25) is 14.6 Å². The number of aromatic nitrogens is 1. The first-order chi connectivity index (χ1) is 10.2. The summed E-state index contributed by atoms with van der Waals surface area (Å²) >= 11 is 0. The third kappa shape index (κ3) is 4.82. The highest BCUT2D eigenvalue weighted by Gasteiger charge is 2.23. The molecule has 1 aromatic rings. The lowest BCUT2D eigenvalue weighted by molar-refractivity contribution is -0.121. The monoisotopic (exact) mass is 290 g/mol. The number of pyridine rings is 1. The number of hydrogen-bond acceptors (Lipinski definition) is 4. The Labute approximate surface area is 124 Å². The predicted molar refractivity (Wildman–Crippen MR) is 79.6 cm³/mol. The highest BCUT2D eigenvalue weighted by molar-refractivity contribution is 5.94. The first kappa shape index (κ1) is 15.4. The molecular formula is C15H22N4O2. The van der Waals surface area contributed by atoms with Crippen molar-refractivity contribution < 1.29 is 9.59 Å². The van der Waals surface area contributed by atoms with Crippen LogP contribution in [0.3, 0.4) is 0 Å². The summed E-state index contributed by atoms with van der Waals surface area (Å²) in [6.45, 7) is 0.377. The van der Waals surface area contributed by atoms with Gasteiger partial charge in [0.2, 0.25) is 5.91 Å². The Hall–Kier alpha value is -1.95. The van der Waals surface area contributed by atoms with Gasteiger partial charge < -0.3 is 16.4 Å². The number of hydrogen-bond donors (Lipinski definition) is 3. The highest BCUT2D eigenvalue weighted by atomic mass is 16.2. The van der Waals surface area contributed by atoms with Crippen LogP contribution in [-0.2, 0) is 4.79 Å². The Kier molecular flexibility index (Phi) is 5.68. The molecule has 1 aromatic heterocycles. The largest absolute Gasteiger partial charge is 0.353 e. The SMILES string of the molecule is NCCC(=O)N[C@H]1CC[C@H](NC(=O)c2cccnc2)CC1. The van der Waals surface area contributed by atoms with Crippen molar-refractivity contribution in [2.45, 2.75) is 44.2 Å². The van der Waals surface area contributed by atoms with E-state index >= 15 is 0 Å². The Bertz CT molecular complexity index is 470. The van der Waals surface area contributed by atoms with Crippen LogP contribution in [0, 0.1) is 0 Å². The molecule has 0 atom stereocenters. The summed E-state index contributed by atoms with van der Waals surface area (Å²) < 4.78 is 0. The second-order valence-electron chi connectivity index (χ2n) is 5.37. The molecule has 6 heteroatoms. The molecule has 4 N–H and O–H groups in total. The third-order valence-electron chi connectivity index (χ3n) is 3.72. The van der Waals surface area contributed by atoms with Gasteiger partial charge in [-0.1, -0.05) is 0 Å². The minimum Gasteiger partial charge on any atom is -0.353 e. The minimum absolute atomic E-state index is 0.0142. The van der Waals surface area contributed by atoms with E-state index < -0.39 is 0 Å². The summed E-state index contributed by atoms with van der Waals surface area (Å²) in [4.78, 5) is 27.5. The molecule has 0 spiro atoms. The molecule has 2 rings (SSSR count). The van der Waals surface area contributed by atoms with Gasteiger partial charge in [-0.25, -0.2) is 0 Å². The summed E-state index contributed by atoms with van der Waals surface area (Å²) in [6, 6.07) is 3.87. The predicted octanol–water partition coefficient (Wildman–Crippen LogP) is 0.588. The number of carbonyl (C=O) groups is 2. The average molecular weight is 290 g/mol. The van der Waals surface area contributed by atoms with Crippen LogP contribution in [-0.4, -0.2) is 35.4 Å². The van der Waals surface area contributed by atoms with E-state index in [9.17, 15) is 9.59 Å². The second kappa shape index (κ2) is 7.73. The van der Waals surface area contributed by atoms with E-state index in [1.807, 2.05) is 0 Å². The molecule has 1 aliphatic carbocycles. The van der Waals surface area contributed by atoms with Gasteiger partial charge in [-0.2, -0.15) is 0 Å². The van der Waals surface area contributed by atoms with Crippen LogP contribution < -0.4 is 16.4 Å². The van der Waals surface area contributed by atoms with Crippen molar-refractivity contribution in [2.24, 2.45) is 5.73 Å². The maximum Gasteiger partial charge on any atom is 0.253 e. The smallest absolute Gasteiger partial charge is 0.253 e. The maximum absolute atomic E-state index is 12.0. The zero-order valence-electron chi connectivity index (χ0n) is 12.0. The lowest BCUT2D eigenvalue weighted by Gasteiger charge is -2.29. The van der Waals surface area contributed by atoms with E-state index in [2.05, 4.69) is 15.6 Å². The molecule has 0 aliphatic heterocycles. The van der Waals surface area contributed by atoms with Crippen LogP contribution >= 0.6 is 0 Å². The average Bonchev–Trinajstić information content (AvgIpc) is 2.50. The van der Waals surface area contributed by atoms with Crippen LogP contribution in [0.5, 0.6) is 0 Å². The van der Waals surface area contributed by atoms with Crippen molar-refractivity contribution in [3.05, 3.63) is 30.1 Å². The topological polar surface area (TPSA) is 97.1 Å². The molecule has 0 bridgehead atoms. The van der Waals surface area contributed by atoms with Crippen LogP contribution in [0.15, 0.2) is 24.5 Å². The first-order valence-corrected chi connectivity index (χ1v) is 7.39. The summed E-state index contributed by atoms with van der Waals surface area (Å²) in [5.74, 6) is -0.0703. The molecule has 0 radical (unpaired) electrons. The maximum atomic E-state index is 12.0. The summed E-state index contributed by atoms with van der Waals surface area (Å²) in [7, 11) is 0. The molecule has 0 aromatic carbocycles. The molecule has 6 nitrogen and oxygen atoms in total. The lowest BCUT2D eigenvalue weighted by atomic mass is 9.91. The van der Waals surface area contributed by atoms with Crippen molar-refractivity contribution in [2.75, 3.05) is 6.54 Å². The standard InChI is InChI=1S/C15H22N4O2/c16-8-7-14(20)18-12-3-5-13(6-4-12)19-15(21)11-2-1-9-17-10-11/h1-2,9-10,12-13H,3-8,16H2,(H,18,20)(H,19,21)/t12-,13-. The van der Waals surface area contributed by atoms with E-state index in [4.69, 9.17) is 5.73 Å². The summed E-state index contributed by atoms with van der Waals surface area (Å²) in [5.41, 5.74) is 5.93. The van der Waals surface area contributed by atoms with Crippen LogP contribution in [0.4, 0.5) is 0 Å². The van der Waals surface area contributed by atoms with Gasteiger partial charge in [0.05, 0.1) is 5.56 Å². The Morgan fingerprint density at radius 1 is 1.19 bits per heavy atom. The van der Waals surface area contributed by atoms with Crippen LogP contribution in [0.25, 0.3) is 0 Å². The number of rotatable bonds is 5. The fourth-order valence-corrected chi connectivity index (χ4v) is 2.58. The summed E-state index contributed by atoms with van der Waals surface area (Å²) in [5, 5.41) is 6.01. The van der Waals surface area contributed by atoms with Crippen LogP contribution in [0.1, 0.15) is 42.5 Å². The van der Waals surface area contributed by atoms with Crippen LogP contribution in [0.2, 0.25) is 0 Å². The van der Waals surface area contributed by atoms with Crippen molar-refractivity contribution >= 4 is 11.8 Å². The fraction of sp³-hybridized carbons (Fsp3) is 0.533. The van der Waals surface area contributed by atoms with Gasteiger partial charge in [-0.05, 0) is 37.8 Å². The zero-order valence-corrected chi connectivity index (χ0v) is 12.0. The first-order valence-electron chi connectivity index (χ1n) is 7.39. The second-order valence-corrected chi connectivity index (χ2v) is 5.37. The molecule has 1 saturated carbocycles. The number of nitrogens with zero attached hydrogens (tertiary/aromatic N) is 1. The third-order valence-corrected chi connectivity index (χ3v) is 3.72. The van der Waals surface area contributed by atoms with Gasteiger partial charge in [-0.15, -0.1) is 0 Å². The van der Waals surface area contributed by atoms with E-state index in [-0.39, 0.29) is 23.9 Å². The molecule has 1 fully saturated rings. The number of nitrogens with two attached hydrogens (primary N) is 1. The van der Waals surface area contributed by atoms with Gasteiger partial charge in [0, 0.05) is 37.4 Å². The molecule has 21 heavy (non-hydrogen) atoms. The van der Waals surface area contributed by atoms with Crippen molar-refractivity contribution in [1.82, 2.24) is 15.6 Å². The molecule has 1 heterocycles. The molecular weight excluding hydrogens is 268 g/mol. The van der Waals surface area contributed by atoms with Gasteiger partial charge >= 0.3 is 0 Å². The van der Waals surface area contributed by atoms with Gasteiger partial charge in [0.25, 0.3) is 5.91 Å². The highest BCUT2D eigenvalue weighted by Crippen LogP contribution is 2.19. The van der Waals surface area contributed by atoms with Gasteiger partial charge in [0.1, 0.15) is 0 Å². The number of carbonyl (C=O) groups excluding carboxylic acids is 2.